The van der Waals surface area contributed by atoms with Crippen molar-refractivity contribution in [1.29, 1.82) is 0 Å². The lowest BCUT2D eigenvalue weighted by Crippen LogP contribution is -2.46. The summed E-state index contributed by atoms with van der Waals surface area (Å²) < 4.78 is 0. The summed E-state index contributed by atoms with van der Waals surface area (Å²) in [6.45, 7) is 6.09. The van der Waals surface area contributed by atoms with Crippen LogP contribution in [0.3, 0.4) is 0 Å². The number of amides is 1. The second-order valence-corrected chi connectivity index (χ2v) is 7.49. The zero-order valence-corrected chi connectivity index (χ0v) is 13.4. The third kappa shape index (κ3) is 4.21. The number of carbonyl (C=O) groups is 2. The Hall–Kier alpha value is -1.06. The minimum absolute atomic E-state index is 0.134. The lowest BCUT2D eigenvalue weighted by Gasteiger charge is -2.42. The Morgan fingerprint density at radius 2 is 1.81 bits per heavy atom. The van der Waals surface area contributed by atoms with Crippen LogP contribution in [0.5, 0.6) is 0 Å². The Balaban J connectivity index is 1.84. The molecule has 1 aliphatic carbocycles. The van der Waals surface area contributed by atoms with Gasteiger partial charge < -0.3 is 10.0 Å². The van der Waals surface area contributed by atoms with E-state index in [2.05, 4.69) is 13.8 Å². The standard InChI is InChI=1S/C17H29NO3/c1-17(2)10-4-3-5-14(17)16(21)18-11-8-13(9-12-18)6-7-15(19)20/h13-14H,3-12H2,1-2H3,(H,19,20). The van der Waals surface area contributed by atoms with Gasteiger partial charge in [0.05, 0.1) is 0 Å². The fraction of sp³-hybridized carbons (Fsp3) is 0.882. The monoisotopic (exact) mass is 295 g/mol. The quantitative estimate of drug-likeness (QED) is 0.865. The van der Waals surface area contributed by atoms with E-state index in [1.807, 2.05) is 4.90 Å². The summed E-state index contributed by atoms with van der Waals surface area (Å²) in [5.41, 5.74) is 0.134. The molecule has 4 heteroatoms. The summed E-state index contributed by atoms with van der Waals surface area (Å²) in [4.78, 5) is 25.4. The average molecular weight is 295 g/mol. The number of hydrogen-bond acceptors (Lipinski definition) is 2. The topological polar surface area (TPSA) is 57.6 Å². The molecular weight excluding hydrogens is 266 g/mol. The number of likely N-dealkylation sites (tertiary alicyclic amines) is 1. The molecule has 2 aliphatic rings. The minimum Gasteiger partial charge on any atom is -0.481 e. The highest BCUT2D eigenvalue weighted by Gasteiger charge is 2.39. The Bertz CT molecular complexity index is 383. The number of rotatable bonds is 4. The smallest absolute Gasteiger partial charge is 0.303 e. The minimum atomic E-state index is -0.711. The van der Waals surface area contributed by atoms with Crippen LogP contribution >= 0.6 is 0 Å². The van der Waals surface area contributed by atoms with Gasteiger partial charge >= 0.3 is 5.97 Å². The van der Waals surface area contributed by atoms with Crippen LogP contribution in [0.2, 0.25) is 0 Å². The van der Waals surface area contributed by atoms with Crippen LogP contribution in [0.1, 0.15) is 65.2 Å². The molecule has 120 valence electrons. The van der Waals surface area contributed by atoms with Crippen LogP contribution in [-0.2, 0) is 9.59 Å². The van der Waals surface area contributed by atoms with Crippen molar-refractivity contribution < 1.29 is 14.7 Å². The highest BCUT2D eigenvalue weighted by atomic mass is 16.4. The molecule has 1 unspecified atom stereocenters. The molecule has 1 saturated carbocycles. The molecule has 4 nitrogen and oxygen atoms in total. The molecule has 1 N–H and O–H groups in total. The predicted octanol–water partition coefficient (Wildman–Crippen LogP) is 3.31. The van der Waals surface area contributed by atoms with Crippen molar-refractivity contribution in [2.75, 3.05) is 13.1 Å². The highest BCUT2D eigenvalue weighted by molar-refractivity contribution is 5.79. The number of nitrogens with zero attached hydrogens (tertiary/aromatic N) is 1. The molecule has 2 fully saturated rings. The lowest BCUT2D eigenvalue weighted by molar-refractivity contribution is -0.143. The molecule has 0 spiro atoms. The zero-order valence-electron chi connectivity index (χ0n) is 13.4. The van der Waals surface area contributed by atoms with Crippen molar-refractivity contribution in [3.63, 3.8) is 0 Å². The average Bonchev–Trinajstić information content (AvgIpc) is 2.44. The maximum absolute atomic E-state index is 12.8. The molecule has 2 rings (SSSR count). The maximum atomic E-state index is 12.8. The number of carboxylic acid groups (broad SMARTS) is 1. The predicted molar refractivity (Wildman–Crippen MR) is 81.9 cm³/mol. The summed E-state index contributed by atoms with van der Waals surface area (Å²) in [5.74, 6) is 0.292. The van der Waals surface area contributed by atoms with Crippen LogP contribution in [-0.4, -0.2) is 35.0 Å². The zero-order chi connectivity index (χ0) is 15.5. The molecule has 1 saturated heterocycles. The second-order valence-electron chi connectivity index (χ2n) is 7.49. The van der Waals surface area contributed by atoms with E-state index < -0.39 is 5.97 Å². The molecule has 0 aromatic rings. The van der Waals surface area contributed by atoms with Crippen LogP contribution in [0.15, 0.2) is 0 Å². The van der Waals surface area contributed by atoms with E-state index in [4.69, 9.17) is 5.11 Å². The first-order valence-electron chi connectivity index (χ1n) is 8.41. The van der Waals surface area contributed by atoms with E-state index in [0.717, 1.165) is 45.2 Å². The molecule has 0 bridgehead atoms. The van der Waals surface area contributed by atoms with Crippen LogP contribution in [0, 0.1) is 17.3 Å². The first kappa shape index (κ1) is 16.3. The lowest BCUT2D eigenvalue weighted by atomic mass is 9.68. The van der Waals surface area contributed by atoms with Crippen molar-refractivity contribution in [2.45, 2.75) is 65.2 Å². The summed E-state index contributed by atoms with van der Waals surface area (Å²) in [7, 11) is 0. The third-order valence-electron chi connectivity index (χ3n) is 5.50. The number of carboxylic acids is 1. The van der Waals surface area contributed by atoms with Crippen molar-refractivity contribution >= 4 is 11.9 Å². The van der Waals surface area contributed by atoms with Gasteiger partial charge in [0.2, 0.25) is 5.91 Å². The van der Waals surface area contributed by atoms with Gasteiger partial charge in [-0.1, -0.05) is 26.7 Å². The number of aliphatic carboxylic acids is 1. The summed E-state index contributed by atoms with van der Waals surface area (Å²) >= 11 is 0. The molecule has 1 aliphatic heterocycles. The van der Waals surface area contributed by atoms with E-state index in [-0.39, 0.29) is 17.8 Å². The van der Waals surface area contributed by atoms with E-state index in [1.54, 1.807) is 0 Å². The molecule has 0 aromatic carbocycles. The number of hydrogen-bond donors (Lipinski definition) is 1. The van der Waals surface area contributed by atoms with Crippen LogP contribution in [0.25, 0.3) is 0 Å². The highest BCUT2D eigenvalue weighted by Crippen LogP contribution is 2.41. The Morgan fingerprint density at radius 1 is 1.14 bits per heavy atom. The molecule has 1 atom stereocenters. The number of piperidine rings is 1. The van der Waals surface area contributed by atoms with E-state index in [1.165, 1.54) is 12.8 Å². The SMILES string of the molecule is CC1(C)CCCCC1C(=O)N1CCC(CCC(=O)O)CC1. The van der Waals surface area contributed by atoms with Gasteiger partial charge in [0.1, 0.15) is 0 Å². The summed E-state index contributed by atoms with van der Waals surface area (Å²) in [6.07, 6.45) is 7.55. The van der Waals surface area contributed by atoms with Crippen molar-refractivity contribution in [3.05, 3.63) is 0 Å². The first-order chi connectivity index (χ1) is 9.90. The Labute approximate surface area is 127 Å². The maximum Gasteiger partial charge on any atom is 0.303 e. The van der Waals surface area contributed by atoms with Gasteiger partial charge in [-0.15, -0.1) is 0 Å². The summed E-state index contributed by atoms with van der Waals surface area (Å²) in [5, 5.41) is 8.75. The van der Waals surface area contributed by atoms with Gasteiger partial charge in [-0.2, -0.15) is 0 Å². The molecule has 1 amide bonds. The Morgan fingerprint density at radius 3 is 2.38 bits per heavy atom. The second kappa shape index (κ2) is 6.80. The third-order valence-corrected chi connectivity index (χ3v) is 5.50. The largest absolute Gasteiger partial charge is 0.481 e. The van der Waals surface area contributed by atoms with Gasteiger partial charge in [-0.3, -0.25) is 9.59 Å². The molecule has 0 radical (unpaired) electrons. The fourth-order valence-corrected chi connectivity index (χ4v) is 3.94. The Kier molecular flexibility index (Phi) is 5.28. The van der Waals surface area contributed by atoms with E-state index in [0.29, 0.717) is 11.8 Å². The number of carbonyl (C=O) groups excluding carboxylic acids is 1. The molecular formula is C17H29NO3. The van der Waals surface area contributed by atoms with Gasteiger partial charge in [0, 0.05) is 25.4 Å². The summed E-state index contributed by atoms with van der Waals surface area (Å²) in [6, 6.07) is 0. The van der Waals surface area contributed by atoms with Gasteiger partial charge in [-0.05, 0) is 43.4 Å². The van der Waals surface area contributed by atoms with Gasteiger partial charge in [-0.25, -0.2) is 0 Å². The van der Waals surface area contributed by atoms with Crippen molar-refractivity contribution in [2.24, 2.45) is 17.3 Å². The fourth-order valence-electron chi connectivity index (χ4n) is 3.94. The van der Waals surface area contributed by atoms with E-state index >= 15 is 0 Å². The first-order valence-corrected chi connectivity index (χ1v) is 8.41. The molecule has 0 aromatic heterocycles. The van der Waals surface area contributed by atoms with Gasteiger partial charge in [0.15, 0.2) is 0 Å². The van der Waals surface area contributed by atoms with Crippen LogP contribution < -0.4 is 0 Å². The van der Waals surface area contributed by atoms with Crippen LogP contribution in [0.4, 0.5) is 0 Å². The molecule has 1 heterocycles. The van der Waals surface area contributed by atoms with Crippen molar-refractivity contribution in [1.82, 2.24) is 4.90 Å². The van der Waals surface area contributed by atoms with E-state index in [9.17, 15) is 9.59 Å². The van der Waals surface area contributed by atoms with Gasteiger partial charge in [0.25, 0.3) is 0 Å². The normalized spacial score (nSPS) is 26.6. The molecule has 21 heavy (non-hydrogen) atoms. The van der Waals surface area contributed by atoms with Crippen molar-refractivity contribution in [3.8, 4) is 0 Å².